The van der Waals surface area contributed by atoms with Crippen molar-refractivity contribution in [1.82, 2.24) is 14.5 Å². The number of benzene rings is 2. The summed E-state index contributed by atoms with van der Waals surface area (Å²) >= 11 is 20.6. The van der Waals surface area contributed by atoms with Crippen LogP contribution in [0.15, 0.2) is 48.7 Å². The molecule has 0 radical (unpaired) electrons. The number of aromatic nitrogens is 3. The molecule has 0 aliphatic carbocycles. The van der Waals surface area contributed by atoms with Gasteiger partial charge in [-0.2, -0.15) is 0 Å². The van der Waals surface area contributed by atoms with Gasteiger partial charge in [0.05, 0.1) is 10.7 Å². The first-order valence-electron chi connectivity index (χ1n) is 9.98. The molecule has 3 nitrogen and oxygen atoms in total. The molecule has 31 heavy (non-hydrogen) atoms. The van der Waals surface area contributed by atoms with Crippen LogP contribution in [0.3, 0.4) is 0 Å². The second-order valence-electron chi connectivity index (χ2n) is 8.30. The summed E-state index contributed by atoms with van der Waals surface area (Å²) in [6.07, 6.45) is 2.73. The van der Waals surface area contributed by atoms with Crippen molar-refractivity contribution in [2.24, 2.45) is 0 Å². The average Bonchev–Trinajstić information content (AvgIpc) is 3.33. The molecule has 0 atom stereocenters. The molecule has 0 bridgehead atoms. The van der Waals surface area contributed by atoms with Gasteiger partial charge in [-0.25, -0.2) is 9.97 Å². The molecule has 7 heteroatoms. The fraction of sp³-hybridized carbons (Fsp3) is 0.250. The van der Waals surface area contributed by atoms with Gasteiger partial charge in [-0.3, -0.25) is 4.57 Å². The van der Waals surface area contributed by atoms with E-state index in [1.54, 1.807) is 17.4 Å². The van der Waals surface area contributed by atoms with Crippen LogP contribution in [-0.2, 0) is 11.8 Å². The number of nitrogens with zero attached hydrogens (tertiary/aromatic N) is 3. The van der Waals surface area contributed by atoms with Gasteiger partial charge in [0, 0.05) is 32.4 Å². The van der Waals surface area contributed by atoms with Crippen molar-refractivity contribution in [2.45, 2.75) is 39.5 Å². The van der Waals surface area contributed by atoms with Gasteiger partial charge in [0.2, 0.25) is 0 Å². The van der Waals surface area contributed by atoms with E-state index in [0.717, 1.165) is 39.9 Å². The molecular weight excluding hydrogens is 469 g/mol. The second-order valence-corrected chi connectivity index (χ2v) is 10.6. The highest BCUT2D eigenvalue weighted by molar-refractivity contribution is 7.15. The average molecular weight is 491 g/mol. The smallest absolute Gasteiger partial charge is 0.147 e. The van der Waals surface area contributed by atoms with E-state index in [-0.39, 0.29) is 5.41 Å². The fourth-order valence-corrected chi connectivity index (χ4v) is 5.01. The molecular formula is C24H22Cl3N3S. The first-order chi connectivity index (χ1) is 14.7. The van der Waals surface area contributed by atoms with Gasteiger partial charge in [-0.1, -0.05) is 62.5 Å². The van der Waals surface area contributed by atoms with E-state index < -0.39 is 0 Å². The largest absolute Gasteiger partial charge is 0.296 e. The molecule has 0 spiro atoms. The first kappa shape index (κ1) is 22.3. The van der Waals surface area contributed by atoms with Crippen molar-refractivity contribution >= 4 is 46.1 Å². The van der Waals surface area contributed by atoms with Gasteiger partial charge in [0.15, 0.2) is 0 Å². The summed E-state index contributed by atoms with van der Waals surface area (Å²) in [6, 6.07) is 13.2. The standard InChI is InChI=1S/C24H22Cl3N3S/c1-5-19-21(23-28-13-20(31-23)24(2,3)4)29-22(17-11-8-15(26)12-18(17)27)30(19)16-9-6-14(25)7-10-16/h6-13H,5H2,1-4H3. The number of thiazole rings is 1. The molecule has 2 aromatic heterocycles. The van der Waals surface area contributed by atoms with E-state index in [9.17, 15) is 0 Å². The van der Waals surface area contributed by atoms with Crippen LogP contribution in [0.2, 0.25) is 15.1 Å². The maximum absolute atomic E-state index is 6.59. The zero-order valence-corrected chi connectivity index (χ0v) is 20.8. The maximum atomic E-state index is 6.59. The summed E-state index contributed by atoms with van der Waals surface area (Å²) in [7, 11) is 0. The first-order valence-corrected chi connectivity index (χ1v) is 11.9. The van der Waals surface area contributed by atoms with E-state index >= 15 is 0 Å². The monoisotopic (exact) mass is 489 g/mol. The Hall–Kier alpha value is -1.85. The van der Waals surface area contributed by atoms with E-state index in [1.165, 1.54) is 4.88 Å². The minimum absolute atomic E-state index is 0.0311. The van der Waals surface area contributed by atoms with Crippen molar-refractivity contribution in [3.63, 3.8) is 0 Å². The van der Waals surface area contributed by atoms with E-state index in [4.69, 9.17) is 44.8 Å². The maximum Gasteiger partial charge on any atom is 0.147 e. The zero-order chi connectivity index (χ0) is 22.3. The van der Waals surface area contributed by atoms with E-state index in [1.807, 2.05) is 42.6 Å². The topological polar surface area (TPSA) is 30.7 Å². The zero-order valence-electron chi connectivity index (χ0n) is 17.7. The summed E-state index contributed by atoms with van der Waals surface area (Å²) in [5.74, 6) is 0.753. The lowest BCUT2D eigenvalue weighted by Crippen LogP contribution is -2.07. The third-order valence-corrected chi connectivity index (χ3v) is 7.24. The number of halogens is 3. The van der Waals surface area contributed by atoms with Crippen LogP contribution in [0.4, 0.5) is 0 Å². The van der Waals surface area contributed by atoms with Gasteiger partial charge < -0.3 is 0 Å². The predicted molar refractivity (Wildman–Crippen MR) is 133 cm³/mol. The van der Waals surface area contributed by atoms with E-state index in [2.05, 4.69) is 32.3 Å². The molecule has 0 saturated carbocycles. The molecule has 4 rings (SSSR count). The van der Waals surface area contributed by atoms with Crippen LogP contribution >= 0.6 is 46.1 Å². The van der Waals surface area contributed by atoms with Gasteiger partial charge >= 0.3 is 0 Å². The lowest BCUT2D eigenvalue weighted by molar-refractivity contribution is 0.602. The molecule has 0 aliphatic rings. The van der Waals surface area contributed by atoms with Crippen LogP contribution in [0.25, 0.3) is 27.8 Å². The Kier molecular flexibility index (Phi) is 6.19. The number of hydrogen-bond acceptors (Lipinski definition) is 3. The Balaban J connectivity index is 1.99. The minimum atomic E-state index is 0.0311. The second kappa shape index (κ2) is 8.59. The number of imidazole rings is 1. The Morgan fingerprint density at radius 3 is 2.23 bits per heavy atom. The Labute approximate surface area is 201 Å². The lowest BCUT2D eigenvalue weighted by Gasteiger charge is -2.14. The van der Waals surface area contributed by atoms with Gasteiger partial charge in [0.25, 0.3) is 0 Å². The van der Waals surface area contributed by atoms with Crippen LogP contribution in [0.1, 0.15) is 38.3 Å². The van der Waals surface area contributed by atoms with Crippen molar-refractivity contribution in [1.29, 1.82) is 0 Å². The van der Waals surface area contributed by atoms with E-state index in [0.29, 0.717) is 15.1 Å². The van der Waals surface area contributed by atoms with Gasteiger partial charge in [0.1, 0.15) is 16.5 Å². The van der Waals surface area contributed by atoms with Crippen LogP contribution < -0.4 is 0 Å². The number of hydrogen-bond donors (Lipinski definition) is 0. The van der Waals surface area contributed by atoms with Crippen molar-refractivity contribution < 1.29 is 0 Å². The van der Waals surface area contributed by atoms with Gasteiger partial charge in [-0.15, -0.1) is 11.3 Å². The molecule has 160 valence electrons. The highest BCUT2D eigenvalue weighted by Crippen LogP contribution is 2.39. The minimum Gasteiger partial charge on any atom is -0.296 e. The molecule has 0 amide bonds. The molecule has 2 heterocycles. The Morgan fingerprint density at radius 1 is 0.968 bits per heavy atom. The lowest BCUT2D eigenvalue weighted by atomic mass is 9.96. The van der Waals surface area contributed by atoms with Gasteiger partial charge in [-0.05, 0) is 54.3 Å². The van der Waals surface area contributed by atoms with Crippen LogP contribution in [0.5, 0.6) is 0 Å². The summed E-state index contributed by atoms with van der Waals surface area (Å²) in [5, 5.41) is 2.73. The Bertz CT molecular complexity index is 1230. The molecule has 0 fully saturated rings. The molecule has 2 aromatic carbocycles. The highest BCUT2D eigenvalue weighted by atomic mass is 35.5. The van der Waals surface area contributed by atoms with Crippen molar-refractivity contribution in [2.75, 3.05) is 0 Å². The molecule has 0 saturated heterocycles. The third-order valence-electron chi connectivity index (χ3n) is 5.01. The third kappa shape index (κ3) is 4.40. The molecule has 4 aromatic rings. The number of rotatable bonds is 4. The van der Waals surface area contributed by atoms with Crippen LogP contribution in [0, 0.1) is 0 Å². The highest BCUT2D eigenvalue weighted by Gasteiger charge is 2.25. The summed E-state index contributed by atoms with van der Waals surface area (Å²) in [6.45, 7) is 8.70. The SMILES string of the molecule is CCc1c(-c2ncc(C(C)(C)C)s2)nc(-c2ccc(Cl)cc2Cl)n1-c1ccc(Cl)cc1. The molecule has 0 aliphatic heterocycles. The fourth-order valence-electron chi connectivity index (χ4n) is 3.40. The Morgan fingerprint density at radius 2 is 1.65 bits per heavy atom. The molecule has 0 unspecified atom stereocenters. The summed E-state index contributed by atoms with van der Waals surface area (Å²) in [5.41, 5.74) is 3.75. The molecule has 0 N–H and O–H groups in total. The summed E-state index contributed by atoms with van der Waals surface area (Å²) < 4.78 is 2.14. The predicted octanol–water partition coefficient (Wildman–Crippen LogP) is 8.48. The summed E-state index contributed by atoms with van der Waals surface area (Å²) in [4.78, 5) is 11.0. The van der Waals surface area contributed by atoms with Crippen molar-refractivity contribution in [3.05, 3.63) is 74.3 Å². The van der Waals surface area contributed by atoms with Crippen LogP contribution in [-0.4, -0.2) is 14.5 Å². The quantitative estimate of drug-likeness (QED) is 0.287. The van der Waals surface area contributed by atoms with Crippen molar-refractivity contribution in [3.8, 4) is 27.8 Å². The normalized spacial score (nSPS) is 11.8.